The Morgan fingerprint density at radius 1 is 1.64 bits per heavy atom. The normalized spacial score (nSPS) is 18.5. The summed E-state index contributed by atoms with van der Waals surface area (Å²) in [5.41, 5.74) is 0.152. The van der Waals surface area contributed by atoms with Gasteiger partial charge in [0.15, 0.2) is 5.56 Å². The van der Waals surface area contributed by atoms with Gasteiger partial charge in [-0.3, -0.25) is 0 Å². The number of hydrogen-bond donors (Lipinski definition) is 1. The molecule has 4 nitrogen and oxygen atoms in total. The number of carbonyl (C=O) groups is 1. The lowest BCUT2D eigenvalue weighted by atomic mass is 10.1. The molecule has 0 saturated heterocycles. The van der Waals surface area contributed by atoms with Crippen molar-refractivity contribution in [2.75, 3.05) is 0 Å². The fraction of sp³-hybridized carbons (Fsp3) is 0.111. The summed E-state index contributed by atoms with van der Waals surface area (Å²) >= 11 is 5.69. The number of ether oxygens (including phenoxy) is 1. The number of hydrogen-bond acceptors (Lipinski definition) is 3. The Morgan fingerprint density at radius 2 is 2.43 bits per heavy atom. The summed E-state index contributed by atoms with van der Waals surface area (Å²) in [6, 6.07) is 1.44. The molecule has 2 rings (SSSR count). The zero-order valence-electron chi connectivity index (χ0n) is 6.98. The van der Waals surface area contributed by atoms with Gasteiger partial charge < -0.3 is 9.84 Å². The molecule has 1 atom stereocenters. The van der Waals surface area contributed by atoms with Crippen LogP contribution in [0.3, 0.4) is 0 Å². The van der Waals surface area contributed by atoms with Crippen LogP contribution in [0.2, 0.25) is 0 Å². The molecule has 0 saturated carbocycles. The van der Waals surface area contributed by atoms with E-state index >= 15 is 0 Å². The summed E-state index contributed by atoms with van der Waals surface area (Å²) in [4.78, 5) is 14.3. The van der Waals surface area contributed by atoms with Crippen LogP contribution in [0.1, 0.15) is 16.1 Å². The van der Waals surface area contributed by atoms with E-state index < -0.39 is 11.5 Å². The third-order valence-corrected chi connectivity index (χ3v) is 2.02. The van der Waals surface area contributed by atoms with E-state index in [9.17, 15) is 4.79 Å². The number of fused-ring (bicyclic) bond motifs is 1. The average Bonchev–Trinajstić information content (AvgIpc) is 2.16. The van der Waals surface area contributed by atoms with E-state index in [1.54, 1.807) is 12.2 Å². The van der Waals surface area contributed by atoms with Crippen molar-refractivity contribution in [1.82, 2.24) is 4.98 Å². The van der Waals surface area contributed by atoms with Gasteiger partial charge in [0.2, 0.25) is 0 Å². The Labute approximate surface area is 84.8 Å². The number of nitrogens with zero attached hydrogens (tertiary/aromatic N) is 1. The van der Waals surface area contributed by atoms with Gasteiger partial charge in [-0.1, -0.05) is 17.7 Å². The molecule has 1 aromatic heterocycles. The number of carboxylic acids is 1. The van der Waals surface area contributed by atoms with E-state index in [2.05, 4.69) is 4.98 Å². The van der Waals surface area contributed by atoms with E-state index in [4.69, 9.17) is 21.4 Å². The first-order valence-electron chi connectivity index (χ1n) is 3.89. The van der Waals surface area contributed by atoms with Crippen LogP contribution in [0.5, 0.6) is 5.75 Å². The van der Waals surface area contributed by atoms with E-state index in [1.165, 1.54) is 12.3 Å². The second-order valence-corrected chi connectivity index (χ2v) is 3.17. The maximum absolute atomic E-state index is 10.6. The molecule has 0 aromatic carbocycles. The maximum atomic E-state index is 10.6. The topological polar surface area (TPSA) is 59.4 Å². The fourth-order valence-electron chi connectivity index (χ4n) is 1.14. The molecular weight excluding hydrogens is 206 g/mol. The second kappa shape index (κ2) is 3.31. The van der Waals surface area contributed by atoms with E-state index in [-0.39, 0.29) is 5.69 Å². The molecule has 0 aliphatic carbocycles. The minimum atomic E-state index is -1.06. The molecule has 0 amide bonds. The average molecular weight is 212 g/mol. The van der Waals surface area contributed by atoms with Crippen molar-refractivity contribution in [1.29, 1.82) is 0 Å². The fourth-order valence-corrected chi connectivity index (χ4v) is 1.31. The van der Waals surface area contributed by atoms with Gasteiger partial charge in [0.25, 0.3) is 0 Å². The van der Waals surface area contributed by atoms with E-state index in [1.807, 2.05) is 0 Å². The highest BCUT2D eigenvalue weighted by atomic mass is 35.5. The van der Waals surface area contributed by atoms with Crippen LogP contribution in [-0.2, 0) is 0 Å². The van der Waals surface area contributed by atoms with Gasteiger partial charge in [0.05, 0.1) is 6.20 Å². The molecule has 0 spiro atoms. The zero-order valence-corrected chi connectivity index (χ0v) is 7.73. The Balaban J connectivity index is 2.44. The Hall–Kier alpha value is -1.55. The number of aromatic nitrogens is 1. The first kappa shape index (κ1) is 9.02. The van der Waals surface area contributed by atoms with Crippen molar-refractivity contribution in [3.8, 4) is 5.75 Å². The summed E-state index contributed by atoms with van der Waals surface area (Å²) in [5.74, 6) is -0.563. The lowest BCUT2D eigenvalue weighted by molar-refractivity contribution is 0.0690. The molecular formula is C9H6ClNO3. The number of carboxylic acid groups (broad SMARTS) is 1. The van der Waals surface area contributed by atoms with Crippen LogP contribution in [-0.4, -0.2) is 21.6 Å². The number of pyridine rings is 1. The smallest absolute Gasteiger partial charge is 0.354 e. The first-order valence-corrected chi connectivity index (χ1v) is 4.33. The summed E-state index contributed by atoms with van der Waals surface area (Å²) in [6.07, 6.45) is 4.71. The van der Waals surface area contributed by atoms with Crippen molar-refractivity contribution in [2.24, 2.45) is 0 Å². The van der Waals surface area contributed by atoms with Crippen molar-refractivity contribution in [3.05, 3.63) is 29.6 Å². The lowest BCUT2D eigenvalue weighted by Crippen LogP contribution is -2.11. The molecule has 1 aliphatic rings. The van der Waals surface area contributed by atoms with Crippen molar-refractivity contribution < 1.29 is 14.6 Å². The summed E-state index contributed by atoms with van der Waals surface area (Å²) in [6.45, 7) is 0. The van der Waals surface area contributed by atoms with Gasteiger partial charge in [-0.05, 0) is 12.1 Å². The largest absolute Gasteiger partial charge is 0.477 e. The van der Waals surface area contributed by atoms with Crippen molar-refractivity contribution >= 4 is 23.6 Å². The molecule has 5 heteroatoms. The predicted octanol–water partition coefficient (Wildman–Crippen LogP) is 1.75. The van der Waals surface area contributed by atoms with Gasteiger partial charge in [-0.15, -0.1) is 0 Å². The number of halogens is 1. The molecule has 14 heavy (non-hydrogen) atoms. The zero-order chi connectivity index (χ0) is 10.1. The molecule has 1 aromatic rings. The molecule has 1 N–H and O–H groups in total. The van der Waals surface area contributed by atoms with Gasteiger partial charge in [0.1, 0.15) is 11.4 Å². The van der Waals surface area contributed by atoms with E-state index in [0.717, 1.165) is 0 Å². The van der Waals surface area contributed by atoms with Gasteiger partial charge in [0, 0.05) is 5.56 Å². The summed E-state index contributed by atoms with van der Waals surface area (Å²) in [7, 11) is 0. The molecule has 0 radical (unpaired) electrons. The van der Waals surface area contributed by atoms with Crippen LogP contribution >= 0.6 is 11.6 Å². The summed E-state index contributed by atoms with van der Waals surface area (Å²) in [5, 5.41) is 8.68. The standard InChI is InChI=1S/C9H6ClNO3/c10-8-2-1-5-3-6(9(12)13)11-4-7(5)14-8/h1-4,8H,(H,12,13). The highest BCUT2D eigenvalue weighted by molar-refractivity contribution is 6.21. The lowest BCUT2D eigenvalue weighted by Gasteiger charge is -2.15. The van der Waals surface area contributed by atoms with Gasteiger partial charge in [-0.25, -0.2) is 9.78 Å². The molecule has 1 aliphatic heterocycles. The van der Waals surface area contributed by atoms with Crippen LogP contribution in [0.25, 0.3) is 6.08 Å². The summed E-state index contributed by atoms with van der Waals surface area (Å²) < 4.78 is 5.19. The predicted molar refractivity (Wildman–Crippen MR) is 50.5 cm³/mol. The van der Waals surface area contributed by atoms with E-state index in [0.29, 0.717) is 11.3 Å². The maximum Gasteiger partial charge on any atom is 0.354 e. The molecule has 0 fully saturated rings. The molecule has 1 unspecified atom stereocenters. The second-order valence-electron chi connectivity index (χ2n) is 2.74. The van der Waals surface area contributed by atoms with Crippen LogP contribution in [0.4, 0.5) is 0 Å². The third kappa shape index (κ3) is 1.56. The van der Waals surface area contributed by atoms with Gasteiger partial charge in [-0.2, -0.15) is 0 Å². The molecule has 0 bridgehead atoms. The first-order chi connectivity index (χ1) is 6.66. The van der Waals surface area contributed by atoms with Crippen molar-refractivity contribution in [3.63, 3.8) is 0 Å². The quantitative estimate of drug-likeness (QED) is 0.719. The van der Waals surface area contributed by atoms with Crippen LogP contribution < -0.4 is 4.74 Å². The Morgan fingerprint density at radius 3 is 3.14 bits per heavy atom. The van der Waals surface area contributed by atoms with Crippen molar-refractivity contribution in [2.45, 2.75) is 5.56 Å². The molecule has 72 valence electrons. The van der Waals surface area contributed by atoms with Crippen LogP contribution in [0, 0.1) is 0 Å². The third-order valence-electron chi connectivity index (χ3n) is 1.78. The Bertz CT molecular complexity index is 417. The Kier molecular flexibility index (Phi) is 2.13. The number of rotatable bonds is 1. The monoisotopic (exact) mass is 211 g/mol. The minimum Gasteiger partial charge on any atom is -0.477 e. The van der Waals surface area contributed by atoms with Gasteiger partial charge >= 0.3 is 5.97 Å². The number of alkyl halides is 1. The SMILES string of the molecule is O=C(O)c1cc2c(cn1)OC(Cl)C=C2. The van der Waals surface area contributed by atoms with Crippen LogP contribution in [0.15, 0.2) is 18.3 Å². The highest BCUT2D eigenvalue weighted by Gasteiger charge is 2.14. The number of aromatic carboxylic acids is 1. The molecule has 2 heterocycles. The minimum absolute atomic E-state index is 0.00924. The highest BCUT2D eigenvalue weighted by Crippen LogP contribution is 2.26.